The normalized spacial score (nSPS) is 11.7. The number of allylic oxidation sites excluding steroid dienone is 1. The molecule has 2 heterocycles. The van der Waals surface area contributed by atoms with Gasteiger partial charge >= 0.3 is 0 Å². The molecule has 0 saturated carbocycles. The molecule has 16 heavy (non-hydrogen) atoms. The van der Waals surface area contributed by atoms with Crippen LogP contribution in [0, 0.1) is 6.92 Å². The number of hydrogen-bond donors (Lipinski definition) is 0. The summed E-state index contributed by atoms with van der Waals surface area (Å²) in [4.78, 5) is 4.12. The molecule has 0 aliphatic rings. The Labute approximate surface area is 94.9 Å². The van der Waals surface area contributed by atoms with E-state index in [0.29, 0.717) is 0 Å². The van der Waals surface area contributed by atoms with Crippen molar-refractivity contribution in [2.24, 2.45) is 0 Å². The molecule has 2 nitrogen and oxygen atoms in total. The monoisotopic (exact) mass is 210 g/mol. The average Bonchev–Trinajstić information content (AvgIpc) is 2.56. The number of nitrogens with zero attached hydrogens (tertiary/aromatic N) is 2. The van der Waals surface area contributed by atoms with Gasteiger partial charge in [0.05, 0.1) is 11.9 Å². The molecule has 0 aliphatic carbocycles. The van der Waals surface area contributed by atoms with E-state index >= 15 is 0 Å². The van der Waals surface area contributed by atoms with Crippen LogP contribution in [-0.4, -0.2) is 9.55 Å². The summed E-state index contributed by atoms with van der Waals surface area (Å²) in [5.41, 5.74) is 2.18. The third-order valence-electron chi connectivity index (χ3n) is 2.52. The summed E-state index contributed by atoms with van der Waals surface area (Å²) in [6.45, 7) is 9.85. The molecular formula is C14H14N2. The molecule has 0 aliphatic heterocycles. The van der Waals surface area contributed by atoms with Crippen LogP contribution in [0.5, 0.6) is 0 Å². The topological polar surface area (TPSA) is 17.8 Å². The molecule has 0 bridgehead atoms. The zero-order valence-corrected chi connectivity index (χ0v) is 9.35. The number of pyridine rings is 1. The van der Waals surface area contributed by atoms with Gasteiger partial charge in [-0.25, -0.2) is 0 Å². The molecule has 0 unspecified atom stereocenters. The van der Waals surface area contributed by atoms with Crippen LogP contribution in [0.4, 0.5) is 0 Å². The van der Waals surface area contributed by atoms with E-state index < -0.39 is 0 Å². The molecule has 2 heteroatoms. The van der Waals surface area contributed by atoms with Gasteiger partial charge in [0.15, 0.2) is 0 Å². The summed E-state index contributed by atoms with van der Waals surface area (Å²) in [5.74, 6) is 0. The lowest BCUT2D eigenvalue weighted by atomic mass is 10.3. The van der Waals surface area contributed by atoms with Crippen LogP contribution in [0.15, 0.2) is 43.2 Å². The molecule has 0 atom stereocenters. The van der Waals surface area contributed by atoms with Gasteiger partial charge in [-0.2, -0.15) is 0 Å². The van der Waals surface area contributed by atoms with Crippen molar-refractivity contribution < 1.29 is 0 Å². The molecular weight excluding hydrogens is 196 g/mol. The maximum Gasteiger partial charge on any atom is 0.0641 e. The first-order chi connectivity index (χ1) is 7.74. The largest absolute Gasteiger partial charge is 0.313 e. The van der Waals surface area contributed by atoms with E-state index in [-0.39, 0.29) is 0 Å². The lowest BCUT2D eigenvalue weighted by Gasteiger charge is -2.05. The Kier molecular flexibility index (Phi) is 2.73. The zero-order valence-electron chi connectivity index (χ0n) is 9.35. The lowest BCUT2D eigenvalue weighted by Crippen LogP contribution is -2.26. The van der Waals surface area contributed by atoms with Crippen molar-refractivity contribution in [2.75, 3.05) is 0 Å². The minimum Gasteiger partial charge on any atom is -0.313 e. The Bertz CT molecular complexity index is 606. The number of aryl methyl sites for hydroxylation is 1. The average molecular weight is 210 g/mol. The van der Waals surface area contributed by atoms with Crippen molar-refractivity contribution in [3.63, 3.8) is 0 Å². The van der Waals surface area contributed by atoms with Crippen LogP contribution in [0.1, 0.15) is 5.69 Å². The smallest absolute Gasteiger partial charge is 0.0641 e. The SMILES string of the molecule is C=C/C=c1/cc(C)n(-c2cccnc2)c1=C. The van der Waals surface area contributed by atoms with Crippen LogP contribution >= 0.6 is 0 Å². The van der Waals surface area contributed by atoms with Gasteiger partial charge < -0.3 is 4.57 Å². The number of hydrogen-bond acceptors (Lipinski definition) is 1. The molecule has 0 amide bonds. The quantitative estimate of drug-likeness (QED) is 0.735. The van der Waals surface area contributed by atoms with Crippen LogP contribution in [0.2, 0.25) is 0 Å². The first-order valence-electron chi connectivity index (χ1n) is 5.14. The van der Waals surface area contributed by atoms with Crippen molar-refractivity contribution in [1.82, 2.24) is 9.55 Å². The summed E-state index contributed by atoms with van der Waals surface area (Å²) < 4.78 is 2.09. The maximum atomic E-state index is 4.12. The highest BCUT2D eigenvalue weighted by atomic mass is 15.0. The van der Waals surface area contributed by atoms with Crippen LogP contribution < -0.4 is 10.6 Å². The van der Waals surface area contributed by atoms with Gasteiger partial charge in [-0.3, -0.25) is 4.98 Å². The minimum atomic E-state index is 0.963. The summed E-state index contributed by atoms with van der Waals surface area (Å²) in [7, 11) is 0. The molecule has 0 saturated heterocycles. The van der Waals surface area contributed by atoms with Crippen molar-refractivity contribution in [3.8, 4) is 5.69 Å². The van der Waals surface area contributed by atoms with Crippen LogP contribution in [-0.2, 0) is 0 Å². The molecule has 80 valence electrons. The zero-order chi connectivity index (χ0) is 11.5. The lowest BCUT2D eigenvalue weighted by molar-refractivity contribution is 0.968. The fraction of sp³-hybridized carbons (Fsp3) is 0.0714. The van der Waals surface area contributed by atoms with Crippen LogP contribution in [0.3, 0.4) is 0 Å². The minimum absolute atomic E-state index is 0.963. The first kappa shape index (κ1) is 10.4. The van der Waals surface area contributed by atoms with E-state index in [4.69, 9.17) is 0 Å². The Morgan fingerprint density at radius 1 is 1.44 bits per heavy atom. The molecule has 0 N–H and O–H groups in total. The molecule has 2 aromatic heterocycles. The van der Waals surface area contributed by atoms with Gasteiger partial charge in [0.2, 0.25) is 0 Å². The highest BCUT2D eigenvalue weighted by Gasteiger charge is 2.02. The fourth-order valence-corrected chi connectivity index (χ4v) is 1.83. The molecule has 0 aromatic carbocycles. The van der Waals surface area contributed by atoms with E-state index in [2.05, 4.69) is 35.7 Å². The molecule has 0 fully saturated rings. The highest BCUT2D eigenvalue weighted by molar-refractivity contribution is 5.40. The molecule has 2 rings (SSSR count). The standard InChI is InChI=1S/C14H14N2/c1-4-6-13-9-11(2)16(12(13)3)14-7-5-8-15-10-14/h4-10H,1,3H2,2H3/b13-6-. The number of aromatic nitrogens is 2. The first-order valence-corrected chi connectivity index (χ1v) is 5.14. The second kappa shape index (κ2) is 4.19. The van der Waals surface area contributed by atoms with E-state index in [9.17, 15) is 0 Å². The second-order valence-corrected chi connectivity index (χ2v) is 3.64. The van der Waals surface area contributed by atoms with Crippen LogP contribution in [0.25, 0.3) is 18.3 Å². The van der Waals surface area contributed by atoms with Gasteiger partial charge in [0, 0.05) is 17.2 Å². The highest BCUT2D eigenvalue weighted by Crippen LogP contribution is 2.04. The Morgan fingerprint density at radius 2 is 2.25 bits per heavy atom. The van der Waals surface area contributed by atoms with Crippen molar-refractivity contribution in [1.29, 1.82) is 0 Å². The third kappa shape index (κ3) is 1.70. The maximum absolute atomic E-state index is 4.12. The van der Waals surface area contributed by atoms with E-state index in [0.717, 1.165) is 21.9 Å². The summed E-state index contributed by atoms with van der Waals surface area (Å²) >= 11 is 0. The van der Waals surface area contributed by atoms with Gasteiger partial charge in [-0.15, -0.1) is 0 Å². The Balaban J connectivity index is 2.73. The number of rotatable bonds is 2. The fourth-order valence-electron chi connectivity index (χ4n) is 1.83. The predicted molar refractivity (Wildman–Crippen MR) is 67.7 cm³/mol. The van der Waals surface area contributed by atoms with Gasteiger partial charge in [-0.05, 0) is 30.3 Å². The van der Waals surface area contributed by atoms with Crippen molar-refractivity contribution in [3.05, 3.63) is 59.5 Å². The molecule has 0 radical (unpaired) electrons. The van der Waals surface area contributed by atoms with E-state index in [1.165, 1.54) is 0 Å². The summed E-state index contributed by atoms with van der Waals surface area (Å²) in [6, 6.07) is 6.04. The molecule has 0 spiro atoms. The predicted octanol–water partition coefficient (Wildman–Crippen LogP) is 1.56. The third-order valence-corrected chi connectivity index (χ3v) is 2.52. The van der Waals surface area contributed by atoms with E-state index in [1.807, 2.05) is 24.4 Å². The molecule has 2 aromatic rings. The van der Waals surface area contributed by atoms with Gasteiger partial charge in [0.1, 0.15) is 0 Å². The van der Waals surface area contributed by atoms with Gasteiger partial charge in [-0.1, -0.05) is 25.3 Å². The Morgan fingerprint density at radius 3 is 2.88 bits per heavy atom. The Hall–Kier alpha value is -2.09. The van der Waals surface area contributed by atoms with Crippen molar-refractivity contribution in [2.45, 2.75) is 6.92 Å². The second-order valence-electron chi connectivity index (χ2n) is 3.64. The summed E-state index contributed by atoms with van der Waals surface area (Å²) in [6.07, 6.45) is 7.33. The van der Waals surface area contributed by atoms with Crippen molar-refractivity contribution >= 4 is 12.7 Å². The van der Waals surface area contributed by atoms with E-state index in [1.54, 1.807) is 12.3 Å². The van der Waals surface area contributed by atoms with Gasteiger partial charge in [0.25, 0.3) is 0 Å². The summed E-state index contributed by atoms with van der Waals surface area (Å²) in [5, 5.41) is 2.06.